The Morgan fingerprint density at radius 1 is 1.46 bits per heavy atom. The molecule has 0 radical (unpaired) electrons. The highest BCUT2D eigenvalue weighted by Crippen LogP contribution is 2.37. The Bertz CT molecular complexity index is 716. The van der Waals surface area contributed by atoms with Crippen LogP contribution >= 0.6 is 12.4 Å². The Balaban J connectivity index is 0.00000208. The predicted molar refractivity (Wildman–Crippen MR) is 94.5 cm³/mol. The summed E-state index contributed by atoms with van der Waals surface area (Å²) < 4.78 is 7.11. The molecule has 1 aromatic carbocycles. The van der Waals surface area contributed by atoms with E-state index in [2.05, 4.69) is 21.8 Å². The number of hydrogen-bond acceptors (Lipinski definition) is 4. The number of fused-ring (bicyclic) bond motifs is 1. The van der Waals surface area contributed by atoms with E-state index in [1.165, 1.54) is 5.56 Å². The first kappa shape index (κ1) is 18.3. The van der Waals surface area contributed by atoms with Crippen LogP contribution in [0.15, 0.2) is 30.6 Å². The second kappa shape index (κ2) is 7.68. The van der Waals surface area contributed by atoms with Gasteiger partial charge in [0.1, 0.15) is 11.8 Å². The molecule has 7 heteroatoms. The number of rotatable bonds is 5. The highest BCUT2D eigenvalue weighted by molar-refractivity contribution is 5.85. The molecule has 6 nitrogen and oxygen atoms in total. The summed E-state index contributed by atoms with van der Waals surface area (Å²) in [5.74, 6) is 0.859. The molecule has 2 atom stereocenters. The van der Waals surface area contributed by atoms with Gasteiger partial charge >= 0.3 is 0 Å². The first-order valence-corrected chi connectivity index (χ1v) is 7.76. The lowest BCUT2D eigenvalue weighted by atomic mass is 10.1. The Morgan fingerprint density at radius 3 is 2.88 bits per heavy atom. The van der Waals surface area contributed by atoms with E-state index in [-0.39, 0.29) is 24.4 Å². The van der Waals surface area contributed by atoms with Crippen molar-refractivity contribution in [2.75, 3.05) is 14.2 Å². The molecule has 2 aromatic rings. The molecule has 0 saturated carbocycles. The summed E-state index contributed by atoms with van der Waals surface area (Å²) in [7, 11) is 5.30. The van der Waals surface area contributed by atoms with E-state index >= 15 is 0 Å². The van der Waals surface area contributed by atoms with Crippen molar-refractivity contribution >= 4 is 18.3 Å². The van der Waals surface area contributed by atoms with Crippen LogP contribution < -0.4 is 15.4 Å². The van der Waals surface area contributed by atoms with Crippen LogP contribution in [0.2, 0.25) is 0 Å². The summed E-state index contributed by atoms with van der Waals surface area (Å²) in [5.41, 5.74) is 3.21. The monoisotopic (exact) mass is 350 g/mol. The Labute approximate surface area is 148 Å². The van der Waals surface area contributed by atoms with Crippen molar-refractivity contribution in [1.29, 1.82) is 0 Å². The number of likely N-dealkylation sites (N-methyl/N-ethyl adjacent to an activating group) is 1. The summed E-state index contributed by atoms with van der Waals surface area (Å²) in [6.45, 7) is 0. The predicted octanol–water partition coefficient (Wildman–Crippen LogP) is 1.91. The molecule has 24 heavy (non-hydrogen) atoms. The minimum Gasteiger partial charge on any atom is -0.496 e. The summed E-state index contributed by atoms with van der Waals surface area (Å²) in [5, 5.41) is 10.4. The van der Waals surface area contributed by atoms with Crippen molar-refractivity contribution in [3.8, 4) is 5.75 Å². The van der Waals surface area contributed by atoms with Crippen molar-refractivity contribution in [2.45, 2.75) is 24.9 Å². The number of halogens is 1. The fourth-order valence-electron chi connectivity index (χ4n) is 3.26. The largest absolute Gasteiger partial charge is 0.496 e. The maximum absolute atomic E-state index is 12.7. The molecule has 0 aliphatic heterocycles. The average molecular weight is 351 g/mol. The van der Waals surface area contributed by atoms with Gasteiger partial charge in [0.05, 0.1) is 19.3 Å². The molecular formula is C17H23ClN4O2. The van der Waals surface area contributed by atoms with Gasteiger partial charge in [-0.3, -0.25) is 9.48 Å². The Hall–Kier alpha value is -2.05. The molecule has 0 bridgehead atoms. The van der Waals surface area contributed by atoms with Crippen molar-refractivity contribution in [2.24, 2.45) is 7.05 Å². The molecule has 1 aliphatic rings. The number of carbonyl (C=O) groups excluding carboxylic acids is 1. The van der Waals surface area contributed by atoms with Crippen molar-refractivity contribution in [3.05, 3.63) is 47.3 Å². The molecule has 2 N–H and O–H groups in total. The number of aromatic nitrogens is 2. The number of methoxy groups -OCH3 is 1. The highest BCUT2D eigenvalue weighted by Gasteiger charge is 2.29. The second-order valence-corrected chi connectivity index (χ2v) is 5.80. The summed E-state index contributed by atoms with van der Waals surface area (Å²) >= 11 is 0. The van der Waals surface area contributed by atoms with Crippen LogP contribution in [0.4, 0.5) is 0 Å². The van der Waals surface area contributed by atoms with Gasteiger partial charge in [0.2, 0.25) is 5.91 Å². The number of nitrogens with one attached hydrogen (secondary N) is 2. The fourth-order valence-corrected chi connectivity index (χ4v) is 3.26. The lowest BCUT2D eigenvalue weighted by Crippen LogP contribution is -2.37. The molecular weight excluding hydrogens is 328 g/mol. The van der Waals surface area contributed by atoms with Crippen LogP contribution in [0.25, 0.3) is 0 Å². The summed E-state index contributed by atoms with van der Waals surface area (Å²) in [4.78, 5) is 12.7. The molecule has 1 heterocycles. The van der Waals surface area contributed by atoms with E-state index in [0.717, 1.165) is 29.7 Å². The zero-order valence-corrected chi connectivity index (χ0v) is 14.9. The lowest BCUT2D eigenvalue weighted by molar-refractivity contribution is -0.123. The maximum Gasteiger partial charge on any atom is 0.242 e. The van der Waals surface area contributed by atoms with E-state index in [1.807, 2.05) is 25.4 Å². The minimum atomic E-state index is -0.404. The van der Waals surface area contributed by atoms with Crippen LogP contribution in [0, 0.1) is 0 Å². The normalized spacial score (nSPS) is 16.9. The molecule has 0 saturated heterocycles. The smallest absolute Gasteiger partial charge is 0.242 e. The molecule has 1 amide bonds. The summed E-state index contributed by atoms with van der Waals surface area (Å²) in [6.07, 6.45) is 5.38. The minimum absolute atomic E-state index is 0. The first-order valence-electron chi connectivity index (χ1n) is 7.76. The number of amides is 1. The van der Waals surface area contributed by atoms with E-state index in [1.54, 1.807) is 25.0 Å². The van der Waals surface area contributed by atoms with Gasteiger partial charge in [-0.15, -0.1) is 12.4 Å². The molecule has 0 spiro atoms. The van der Waals surface area contributed by atoms with Crippen LogP contribution in [-0.2, 0) is 18.3 Å². The van der Waals surface area contributed by atoms with E-state index in [4.69, 9.17) is 4.74 Å². The standard InChI is InChI=1S/C17H22N4O2.ClH/c1-18-16(11-9-19-21(2)10-11)17(22)20-14-8-7-13-12(14)5-4-6-15(13)23-3;/h4-6,9-10,14,16,18H,7-8H2,1-3H3,(H,20,22);1H. The first-order chi connectivity index (χ1) is 11.1. The van der Waals surface area contributed by atoms with Gasteiger partial charge in [-0.1, -0.05) is 12.1 Å². The Kier molecular flexibility index (Phi) is 5.85. The van der Waals surface area contributed by atoms with Gasteiger partial charge in [0.15, 0.2) is 0 Å². The quantitative estimate of drug-likeness (QED) is 0.864. The van der Waals surface area contributed by atoms with Crippen LogP contribution in [0.5, 0.6) is 5.75 Å². The van der Waals surface area contributed by atoms with Crippen molar-refractivity contribution in [3.63, 3.8) is 0 Å². The van der Waals surface area contributed by atoms with Crippen LogP contribution in [0.1, 0.15) is 35.2 Å². The summed E-state index contributed by atoms with van der Waals surface area (Å²) in [6, 6.07) is 5.63. The average Bonchev–Trinajstić information content (AvgIpc) is 3.15. The van der Waals surface area contributed by atoms with Crippen LogP contribution in [0.3, 0.4) is 0 Å². The zero-order chi connectivity index (χ0) is 16.4. The molecule has 130 valence electrons. The van der Waals surface area contributed by atoms with Gasteiger partial charge in [-0.25, -0.2) is 0 Å². The molecule has 2 unspecified atom stereocenters. The number of benzene rings is 1. The van der Waals surface area contributed by atoms with Gasteiger partial charge in [-0.05, 0) is 37.1 Å². The number of ether oxygens (including phenoxy) is 1. The maximum atomic E-state index is 12.7. The van der Waals surface area contributed by atoms with E-state index in [0.29, 0.717) is 0 Å². The fraction of sp³-hybridized carbons (Fsp3) is 0.412. The number of hydrogen-bond donors (Lipinski definition) is 2. The zero-order valence-electron chi connectivity index (χ0n) is 14.1. The third-order valence-electron chi connectivity index (χ3n) is 4.37. The topological polar surface area (TPSA) is 68.2 Å². The second-order valence-electron chi connectivity index (χ2n) is 5.80. The number of aryl methyl sites for hydroxylation is 1. The van der Waals surface area contributed by atoms with Gasteiger partial charge in [0.25, 0.3) is 0 Å². The number of carbonyl (C=O) groups is 1. The van der Waals surface area contributed by atoms with Crippen LogP contribution in [-0.4, -0.2) is 29.8 Å². The molecule has 1 aliphatic carbocycles. The molecule has 1 aromatic heterocycles. The third kappa shape index (κ3) is 3.39. The van der Waals surface area contributed by atoms with Gasteiger partial charge < -0.3 is 15.4 Å². The van der Waals surface area contributed by atoms with Gasteiger partial charge in [0, 0.05) is 18.8 Å². The lowest BCUT2D eigenvalue weighted by Gasteiger charge is -2.19. The molecule has 0 fully saturated rings. The van der Waals surface area contributed by atoms with E-state index in [9.17, 15) is 4.79 Å². The van der Waals surface area contributed by atoms with E-state index < -0.39 is 6.04 Å². The highest BCUT2D eigenvalue weighted by atomic mass is 35.5. The van der Waals surface area contributed by atoms with Crippen molar-refractivity contribution < 1.29 is 9.53 Å². The Morgan fingerprint density at radius 2 is 2.25 bits per heavy atom. The van der Waals surface area contributed by atoms with Crippen molar-refractivity contribution in [1.82, 2.24) is 20.4 Å². The third-order valence-corrected chi connectivity index (χ3v) is 4.37. The van der Waals surface area contributed by atoms with Gasteiger partial charge in [-0.2, -0.15) is 5.10 Å². The number of nitrogens with zero attached hydrogens (tertiary/aromatic N) is 2. The SMILES string of the molecule is CNC(C(=O)NC1CCc2c(OC)cccc21)c1cnn(C)c1.Cl. The molecule has 3 rings (SSSR count).